The Morgan fingerprint density at radius 1 is 0.781 bits per heavy atom. The van der Waals surface area contributed by atoms with Gasteiger partial charge in [0.25, 0.3) is 5.91 Å². The van der Waals surface area contributed by atoms with Crippen LogP contribution in [-0.2, 0) is 21.4 Å². The van der Waals surface area contributed by atoms with Crippen molar-refractivity contribution in [3.63, 3.8) is 0 Å². The fourth-order valence-electron chi connectivity index (χ4n) is 6.63. The minimum atomic E-state index is -1.08. The molecule has 3 aromatic carbocycles. The van der Waals surface area contributed by atoms with Gasteiger partial charge in [-0.2, -0.15) is 0 Å². The number of hydrogen-bond acceptors (Lipinski definition) is 2. The highest BCUT2D eigenvalue weighted by molar-refractivity contribution is 6.07. The molecule has 0 aliphatic carbocycles. The minimum Gasteiger partial charge on any atom is -0.338 e. The molecule has 4 fully saturated rings. The number of hydrogen-bond donors (Lipinski definition) is 1. The lowest BCUT2D eigenvalue weighted by atomic mass is 9.49. The average molecular weight is 423 g/mol. The van der Waals surface area contributed by atoms with Gasteiger partial charge < -0.3 is 10.2 Å². The van der Waals surface area contributed by atoms with E-state index in [-0.39, 0.29) is 11.8 Å². The predicted molar refractivity (Wildman–Crippen MR) is 123 cm³/mol. The summed E-state index contributed by atoms with van der Waals surface area (Å²) in [6.07, 6.45) is 2.64. The first-order chi connectivity index (χ1) is 15.6. The van der Waals surface area contributed by atoms with E-state index in [1.807, 2.05) is 59.5 Å². The molecule has 3 aromatic rings. The lowest BCUT2D eigenvalue weighted by Crippen LogP contribution is -2.86. The number of benzene rings is 3. The van der Waals surface area contributed by atoms with E-state index in [1.54, 1.807) is 0 Å². The first-order valence-electron chi connectivity index (χ1n) is 11.4. The molecule has 1 N–H and O–H groups in total. The van der Waals surface area contributed by atoms with Gasteiger partial charge in [-0.3, -0.25) is 9.59 Å². The number of carbonyl (C=O) groups excluding carboxylic acids is 2. The summed E-state index contributed by atoms with van der Waals surface area (Å²) in [7, 11) is 0. The van der Waals surface area contributed by atoms with Crippen molar-refractivity contribution in [3.05, 3.63) is 108 Å². The Bertz CT molecular complexity index is 1140. The highest BCUT2D eigenvalue weighted by Crippen LogP contribution is 2.59. The molecule has 4 aliphatic rings. The molecule has 1 spiro atoms. The molecule has 2 amide bonds. The second-order valence-corrected chi connectivity index (χ2v) is 9.43. The maximum absolute atomic E-state index is 14.4. The quantitative estimate of drug-likeness (QED) is 0.694. The van der Waals surface area contributed by atoms with Gasteiger partial charge in [-0.1, -0.05) is 91.0 Å². The van der Waals surface area contributed by atoms with Crippen LogP contribution in [0.3, 0.4) is 0 Å². The van der Waals surface area contributed by atoms with Crippen molar-refractivity contribution in [2.75, 3.05) is 6.54 Å². The molecular formula is C28H26N2O2. The van der Waals surface area contributed by atoms with Gasteiger partial charge in [-0.25, -0.2) is 0 Å². The maximum atomic E-state index is 14.4. The number of fused-ring (bicyclic) bond motifs is 2. The monoisotopic (exact) mass is 422 g/mol. The van der Waals surface area contributed by atoms with Crippen LogP contribution in [0.15, 0.2) is 91.0 Å². The van der Waals surface area contributed by atoms with Gasteiger partial charge in [0.2, 0.25) is 5.91 Å². The van der Waals surface area contributed by atoms with Crippen LogP contribution in [0.4, 0.5) is 0 Å². The standard InChI is InChI=1S/C28H26N2O2/c31-24-26-17-10-18-30(26)25(32)28(29-24,19-21-11-4-1-5-12-21)27(20-26,22-13-6-2-7-14-22)23-15-8-3-9-16-23/h1-9,11-16H,10,17-20H2,(H,29,31)/t26-,28+/m0/s1. The van der Waals surface area contributed by atoms with Gasteiger partial charge in [-0.05, 0) is 36.0 Å². The number of piperidine rings is 2. The third kappa shape index (κ3) is 2.32. The lowest BCUT2D eigenvalue weighted by molar-refractivity contribution is -0.175. The molecule has 4 heteroatoms. The van der Waals surface area contributed by atoms with E-state index in [4.69, 9.17) is 0 Å². The number of amides is 2. The van der Waals surface area contributed by atoms with Crippen LogP contribution in [0.2, 0.25) is 0 Å². The largest absolute Gasteiger partial charge is 0.338 e. The molecule has 2 bridgehead atoms. The summed E-state index contributed by atoms with van der Waals surface area (Å²) in [6.45, 7) is 0.655. The predicted octanol–water partition coefficient (Wildman–Crippen LogP) is 3.85. The van der Waals surface area contributed by atoms with Crippen LogP contribution in [0.1, 0.15) is 36.0 Å². The molecule has 0 aromatic heterocycles. The Balaban J connectivity index is 1.68. The zero-order chi connectivity index (χ0) is 21.8. The van der Waals surface area contributed by atoms with Crippen LogP contribution >= 0.6 is 0 Å². The summed E-state index contributed by atoms with van der Waals surface area (Å²) in [4.78, 5) is 30.0. The minimum absolute atomic E-state index is 0.00742. The van der Waals surface area contributed by atoms with Gasteiger partial charge in [0.15, 0.2) is 0 Å². The van der Waals surface area contributed by atoms with Gasteiger partial charge in [0, 0.05) is 13.0 Å². The molecule has 2 atom stereocenters. The summed E-state index contributed by atoms with van der Waals surface area (Å²) in [5, 5.41) is 3.35. The van der Waals surface area contributed by atoms with E-state index in [1.165, 1.54) is 0 Å². The third-order valence-electron chi connectivity index (χ3n) is 7.98. The van der Waals surface area contributed by atoms with Crippen molar-refractivity contribution in [2.45, 2.75) is 42.2 Å². The van der Waals surface area contributed by atoms with Crippen molar-refractivity contribution >= 4 is 11.8 Å². The van der Waals surface area contributed by atoms with Crippen molar-refractivity contribution < 1.29 is 9.59 Å². The zero-order valence-corrected chi connectivity index (χ0v) is 18.0. The smallest absolute Gasteiger partial charge is 0.250 e. The number of piperazine rings is 1. The van der Waals surface area contributed by atoms with Crippen LogP contribution < -0.4 is 5.32 Å². The van der Waals surface area contributed by atoms with Gasteiger partial charge >= 0.3 is 0 Å². The van der Waals surface area contributed by atoms with Crippen LogP contribution in [0, 0.1) is 0 Å². The van der Waals surface area contributed by atoms with E-state index in [9.17, 15) is 9.59 Å². The average Bonchev–Trinajstić information content (AvgIpc) is 3.28. The maximum Gasteiger partial charge on any atom is 0.250 e. The highest BCUT2D eigenvalue weighted by Gasteiger charge is 2.75. The normalized spacial score (nSPS) is 27.8. The Kier molecular flexibility index (Phi) is 4.10. The molecular weight excluding hydrogens is 396 g/mol. The Morgan fingerprint density at radius 2 is 1.34 bits per heavy atom. The highest BCUT2D eigenvalue weighted by atomic mass is 16.2. The zero-order valence-electron chi connectivity index (χ0n) is 18.0. The van der Waals surface area contributed by atoms with Crippen LogP contribution in [0.25, 0.3) is 0 Å². The lowest BCUT2D eigenvalue weighted by Gasteiger charge is -2.65. The first kappa shape index (κ1) is 19.3. The van der Waals surface area contributed by atoms with Crippen molar-refractivity contribution in [1.82, 2.24) is 10.2 Å². The van der Waals surface area contributed by atoms with Gasteiger partial charge in [0.1, 0.15) is 11.1 Å². The SMILES string of the molecule is O=C1N[C@]2(Cc3ccccc3)C(=O)N3CCC[C@]13CC2(c1ccccc1)c1ccccc1. The molecule has 4 saturated heterocycles. The fourth-order valence-corrected chi connectivity index (χ4v) is 6.63. The van der Waals surface area contributed by atoms with Crippen molar-refractivity contribution in [1.29, 1.82) is 0 Å². The number of nitrogens with zero attached hydrogens (tertiary/aromatic N) is 1. The molecule has 4 nitrogen and oxygen atoms in total. The second-order valence-electron chi connectivity index (χ2n) is 9.43. The molecule has 0 radical (unpaired) electrons. The number of carbonyl (C=O) groups is 2. The van der Waals surface area contributed by atoms with Gasteiger partial charge in [0.05, 0.1) is 5.41 Å². The van der Waals surface area contributed by atoms with E-state index in [2.05, 4.69) is 41.7 Å². The van der Waals surface area contributed by atoms with Crippen molar-refractivity contribution in [2.24, 2.45) is 0 Å². The summed E-state index contributed by atoms with van der Waals surface area (Å²) < 4.78 is 0. The first-order valence-corrected chi connectivity index (χ1v) is 11.4. The summed E-state index contributed by atoms with van der Waals surface area (Å²) >= 11 is 0. The third-order valence-corrected chi connectivity index (χ3v) is 7.98. The van der Waals surface area contributed by atoms with Gasteiger partial charge in [-0.15, -0.1) is 0 Å². The van der Waals surface area contributed by atoms with E-state index in [0.29, 0.717) is 25.8 Å². The fraction of sp³-hybridized carbons (Fsp3) is 0.286. The number of nitrogens with one attached hydrogen (secondary N) is 1. The van der Waals surface area contributed by atoms with Crippen molar-refractivity contribution in [3.8, 4) is 0 Å². The molecule has 32 heavy (non-hydrogen) atoms. The molecule has 4 aliphatic heterocycles. The molecule has 160 valence electrons. The Labute approximate surface area is 188 Å². The molecule has 7 rings (SSSR count). The van der Waals surface area contributed by atoms with E-state index in [0.717, 1.165) is 23.1 Å². The second kappa shape index (κ2) is 6.80. The summed E-state index contributed by atoms with van der Waals surface area (Å²) in [6, 6.07) is 30.7. The van der Waals surface area contributed by atoms with Crippen LogP contribution in [0.5, 0.6) is 0 Å². The Morgan fingerprint density at radius 3 is 1.94 bits per heavy atom. The molecule has 0 saturated carbocycles. The van der Waals surface area contributed by atoms with E-state index >= 15 is 0 Å². The molecule has 4 heterocycles. The Hall–Kier alpha value is -3.40. The number of rotatable bonds is 4. The summed E-state index contributed by atoms with van der Waals surface area (Å²) in [5.74, 6) is 0.0606. The summed E-state index contributed by atoms with van der Waals surface area (Å²) in [5.41, 5.74) is 0.701. The van der Waals surface area contributed by atoms with Crippen LogP contribution in [-0.4, -0.2) is 34.3 Å². The van der Waals surface area contributed by atoms with E-state index < -0.39 is 16.5 Å². The molecule has 0 unspecified atom stereocenters. The topological polar surface area (TPSA) is 49.4 Å².